The van der Waals surface area contributed by atoms with Crippen LogP contribution in [-0.4, -0.2) is 51.3 Å². The lowest BCUT2D eigenvalue weighted by atomic mass is 9.65. The van der Waals surface area contributed by atoms with E-state index in [1.54, 1.807) is 4.68 Å². The van der Waals surface area contributed by atoms with Gasteiger partial charge in [-0.3, -0.25) is 0 Å². The van der Waals surface area contributed by atoms with Gasteiger partial charge in [-0.1, -0.05) is 29.9 Å². The van der Waals surface area contributed by atoms with Crippen molar-refractivity contribution in [1.29, 1.82) is 0 Å². The van der Waals surface area contributed by atoms with Gasteiger partial charge >= 0.3 is 0 Å². The molecule has 4 aliphatic carbocycles. The van der Waals surface area contributed by atoms with Gasteiger partial charge in [0.25, 0.3) is 0 Å². The number of anilines is 4. The molecule has 202 valence electrons. The summed E-state index contributed by atoms with van der Waals surface area (Å²) in [5, 5.41) is 11.9. The first-order valence-corrected chi connectivity index (χ1v) is 14.4. The highest BCUT2D eigenvalue weighted by molar-refractivity contribution is 5.65. The molecule has 8 rings (SSSR count). The molecular formula is C31H38N8. The van der Waals surface area contributed by atoms with Crippen LogP contribution in [-0.2, 0) is 24.7 Å². The van der Waals surface area contributed by atoms with Gasteiger partial charge in [-0.15, -0.1) is 5.10 Å². The summed E-state index contributed by atoms with van der Waals surface area (Å²) in [6, 6.07) is 9.45. The van der Waals surface area contributed by atoms with Crippen LogP contribution in [0.2, 0.25) is 0 Å². The second-order valence-corrected chi connectivity index (χ2v) is 11.9. The summed E-state index contributed by atoms with van der Waals surface area (Å²) in [5.74, 6) is 1.57. The summed E-state index contributed by atoms with van der Waals surface area (Å²) in [6.45, 7) is 0.984. The lowest BCUT2D eigenvalue weighted by molar-refractivity contribution is 0.269. The minimum atomic E-state index is -0.00226. The summed E-state index contributed by atoms with van der Waals surface area (Å²) in [7, 11) is 4.37. The number of fused-ring (bicyclic) bond motifs is 4. The molecule has 0 fully saturated rings. The Hall–Kier alpha value is -3.65. The van der Waals surface area contributed by atoms with Gasteiger partial charge in [-0.25, -0.2) is 4.98 Å². The quantitative estimate of drug-likeness (QED) is 0.403. The Bertz CT molecular complexity index is 1480. The van der Waals surface area contributed by atoms with E-state index in [0.717, 1.165) is 68.7 Å². The summed E-state index contributed by atoms with van der Waals surface area (Å²) in [6.07, 6.45) is 17.0. The van der Waals surface area contributed by atoms with Gasteiger partial charge in [0.15, 0.2) is 5.82 Å². The number of benzene rings is 1. The number of hydrogen-bond donors (Lipinski definition) is 3. The summed E-state index contributed by atoms with van der Waals surface area (Å²) in [5.41, 5.74) is 15.4. The molecule has 0 spiro atoms. The Balaban J connectivity index is 1.19. The van der Waals surface area contributed by atoms with E-state index >= 15 is 0 Å². The van der Waals surface area contributed by atoms with E-state index in [1.807, 2.05) is 0 Å². The molecule has 8 heteroatoms. The minimum Gasteiger partial charge on any atom is -0.383 e. The van der Waals surface area contributed by atoms with E-state index in [1.165, 1.54) is 40.8 Å². The summed E-state index contributed by atoms with van der Waals surface area (Å²) >= 11 is 0. The number of aromatic nitrogens is 4. The zero-order chi connectivity index (χ0) is 26.6. The molecule has 8 nitrogen and oxygen atoms in total. The van der Waals surface area contributed by atoms with Crippen LogP contribution in [0.1, 0.15) is 60.9 Å². The summed E-state index contributed by atoms with van der Waals surface area (Å²) in [4.78, 5) is 12.0. The van der Waals surface area contributed by atoms with Crippen molar-refractivity contribution in [3.63, 3.8) is 0 Å². The highest BCUT2D eigenvalue weighted by Crippen LogP contribution is 2.48. The second-order valence-electron chi connectivity index (χ2n) is 11.9. The van der Waals surface area contributed by atoms with Gasteiger partial charge in [0.1, 0.15) is 0 Å². The molecule has 2 bridgehead atoms. The van der Waals surface area contributed by atoms with Gasteiger partial charge in [-0.2, -0.15) is 9.67 Å². The number of pyridine rings is 1. The van der Waals surface area contributed by atoms with Crippen molar-refractivity contribution < 1.29 is 0 Å². The SMILES string of the molecule is CN(C)[C@H]1CCc2ccc(Nc3nc(N)n(-c4cc(C56C=CC(=CC5)CC6)c5c(n4)CCCN5)n3)cc2CC1. The normalized spacial score (nSPS) is 23.6. The number of allylic oxidation sites excluding steroid dienone is 4. The monoisotopic (exact) mass is 522 g/mol. The third kappa shape index (κ3) is 4.40. The fraction of sp³-hybridized carbons (Fsp3) is 0.452. The maximum absolute atomic E-state index is 6.45. The van der Waals surface area contributed by atoms with Crippen molar-refractivity contribution in [2.45, 2.75) is 69.2 Å². The van der Waals surface area contributed by atoms with Crippen LogP contribution in [0.3, 0.4) is 0 Å². The number of nitrogens with zero attached hydrogens (tertiary/aromatic N) is 5. The number of rotatable bonds is 5. The molecule has 3 aromatic rings. The smallest absolute Gasteiger partial charge is 0.248 e. The lowest BCUT2D eigenvalue weighted by Crippen LogP contribution is -2.32. The van der Waals surface area contributed by atoms with E-state index in [9.17, 15) is 0 Å². The Morgan fingerprint density at radius 3 is 2.72 bits per heavy atom. The number of hydrogen-bond acceptors (Lipinski definition) is 7. The van der Waals surface area contributed by atoms with E-state index in [-0.39, 0.29) is 5.41 Å². The van der Waals surface area contributed by atoms with Crippen LogP contribution < -0.4 is 16.4 Å². The molecule has 0 saturated heterocycles. The molecule has 2 atom stereocenters. The van der Waals surface area contributed by atoms with Crippen LogP contribution in [0.15, 0.2) is 48.1 Å². The molecule has 0 amide bonds. The van der Waals surface area contributed by atoms with Crippen LogP contribution in [0.25, 0.3) is 5.82 Å². The Morgan fingerprint density at radius 1 is 1.08 bits per heavy atom. The topological polar surface area (TPSA) is 96.9 Å². The highest BCUT2D eigenvalue weighted by Gasteiger charge is 2.38. The molecule has 4 N–H and O–H groups in total. The van der Waals surface area contributed by atoms with Gasteiger partial charge in [0.05, 0.1) is 11.4 Å². The van der Waals surface area contributed by atoms with E-state index in [4.69, 9.17) is 15.8 Å². The number of aryl methyl sites for hydroxylation is 3. The molecule has 0 radical (unpaired) electrons. The van der Waals surface area contributed by atoms with Crippen molar-refractivity contribution in [1.82, 2.24) is 24.6 Å². The van der Waals surface area contributed by atoms with Gasteiger partial charge in [0, 0.05) is 23.7 Å². The number of nitrogens with one attached hydrogen (secondary N) is 2. The molecule has 0 saturated carbocycles. The molecule has 3 heterocycles. The van der Waals surface area contributed by atoms with Crippen molar-refractivity contribution in [3.05, 3.63) is 70.5 Å². The molecule has 1 aliphatic heterocycles. The first-order chi connectivity index (χ1) is 19.0. The van der Waals surface area contributed by atoms with Gasteiger partial charge in [-0.05, 0) is 107 Å². The fourth-order valence-electron chi connectivity index (χ4n) is 6.88. The maximum Gasteiger partial charge on any atom is 0.248 e. The molecule has 5 aliphatic rings. The second kappa shape index (κ2) is 9.52. The van der Waals surface area contributed by atoms with Crippen molar-refractivity contribution in [2.24, 2.45) is 0 Å². The lowest BCUT2D eigenvalue weighted by Gasteiger charge is -2.40. The summed E-state index contributed by atoms with van der Waals surface area (Å²) < 4.78 is 1.69. The third-order valence-electron chi connectivity index (χ3n) is 9.25. The average Bonchev–Trinajstić information content (AvgIpc) is 3.19. The van der Waals surface area contributed by atoms with Crippen LogP contribution >= 0.6 is 0 Å². The highest BCUT2D eigenvalue weighted by atomic mass is 15.4. The van der Waals surface area contributed by atoms with Crippen LogP contribution in [0.5, 0.6) is 0 Å². The van der Waals surface area contributed by atoms with Gasteiger partial charge in [0.2, 0.25) is 11.9 Å². The van der Waals surface area contributed by atoms with Crippen molar-refractivity contribution in [3.8, 4) is 5.82 Å². The van der Waals surface area contributed by atoms with Crippen LogP contribution in [0.4, 0.5) is 23.3 Å². The van der Waals surface area contributed by atoms with E-state index < -0.39 is 0 Å². The molecule has 39 heavy (non-hydrogen) atoms. The molecule has 2 aromatic heterocycles. The Morgan fingerprint density at radius 2 is 1.95 bits per heavy atom. The predicted molar refractivity (Wildman–Crippen MR) is 157 cm³/mol. The fourth-order valence-corrected chi connectivity index (χ4v) is 6.88. The number of nitrogen functional groups attached to an aromatic ring is 1. The van der Waals surface area contributed by atoms with Crippen LogP contribution in [0, 0.1) is 0 Å². The minimum absolute atomic E-state index is 0.00226. The Kier molecular flexibility index (Phi) is 5.95. The zero-order valence-electron chi connectivity index (χ0n) is 23.0. The maximum atomic E-state index is 6.45. The Labute approximate surface area is 230 Å². The first-order valence-electron chi connectivity index (χ1n) is 14.4. The predicted octanol–water partition coefficient (Wildman–Crippen LogP) is 5.07. The molecule has 1 unspecified atom stereocenters. The largest absolute Gasteiger partial charge is 0.383 e. The van der Waals surface area contributed by atoms with Crippen molar-refractivity contribution >= 4 is 23.3 Å². The standard InChI is InChI=1S/C31H38N8/c1-38(2)24-9-6-21-5-8-23(18-22(21)7-10-24)34-30-36-29(32)39(37-30)27-19-25(28-26(35-27)4-3-17-33-28)31-14-11-20(12-15-31)13-16-31/h5,8,11-12,14,18-19,24,33H,3-4,6-7,9-10,13,15-17H2,1-2H3,(H3,32,34,36,37)/t24-,31?/m0/s1. The average molecular weight is 523 g/mol. The first kappa shape index (κ1) is 24.4. The number of nitrogens with two attached hydrogens (primary N) is 1. The van der Waals surface area contributed by atoms with E-state index in [0.29, 0.717) is 17.9 Å². The van der Waals surface area contributed by atoms with E-state index in [2.05, 4.69) is 77.1 Å². The van der Waals surface area contributed by atoms with Gasteiger partial charge < -0.3 is 21.3 Å². The third-order valence-corrected chi connectivity index (χ3v) is 9.25. The molecule has 1 aromatic carbocycles. The van der Waals surface area contributed by atoms with Crippen molar-refractivity contribution in [2.75, 3.05) is 37.0 Å². The molecular weight excluding hydrogens is 484 g/mol. The zero-order valence-corrected chi connectivity index (χ0v) is 23.0.